The molecule has 3 amide bonds. The number of hydrogen-bond acceptors (Lipinski definition) is 4. The summed E-state index contributed by atoms with van der Waals surface area (Å²) in [6.45, 7) is 1.59. The second kappa shape index (κ2) is 5.36. The van der Waals surface area contributed by atoms with Gasteiger partial charge in [-0.1, -0.05) is 6.07 Å². The Bertz CT molecular complexity index is 508. The zero-order valence-corrected chi connectivity index (χ0v) is 10.9. The van der Waals surface area contributed by atoms with Gasteiger partial charge in [0, 0.05) is 25.2 Å². The predicted octanol–water partition coefficient (Wildman–Crippen LogP) is 1.04. The van der Waals surface area contributed by atoms with E-state index in [2.05, 4.69) is 15.6 Å². The number of carbonyl (C=O) groups excluding carboxylic acids is 2. The summed E-state index contributed by atoms with van der Waals surface area (Å²) in [6, 6.07) is 5.12. The first-order valence-corrected chi connectivity index (χ1v) is 6.62. The van der Waals surface area contributed by atoms with Crippen LogP contribution >= 0.6 is 0 Å². The zero-order valence-electron chi connectivity index (χ0n) is 10.9. The van der Waals surface area contributed by atoms with Crippen LogP contribution in [0.15, 0.2) is 24.4 Å². The number of rotatable bonds is 1. The van der Waals surface area contributed by atoms with Crippen LogP contribution in [0.25, 0.3) is 0 Å². The summed E-state index contributed by atoms with van der Waals surface area (Å²) in [5.41, 5.74) is 0. The lowest BCUT2D eigenvalue weighted by Gasteiger charge is -2.40. The molecule has 3 heterocycles. The molecule has 1 aromatic rings. The number of cyclic esters (lactones) is 1. The number of nitrogens with zero attached hydrogens (tertiary/aromatic N) is 2. The summed E-state index contributed by atoms with van der Waals surface area (Å²) in [5, 5.41) is 5.52. The van der Waals surface area contributed by atoms with Crippen molar-refractivity contribution in [3.8, 4) is 0 Å². The number of carbonyl (C=O) groups is 2. The summed E-state index contributed by atoms with van der Waals surface area (Å²) in [5.74, 6) is 0.808. The van der Waals surface area contributed by atoms with Crippen molar-refractivity contribution in [1.82, 2.24) is 15.2 Å². The number of hydrogen-bond donors (Lipinski definition) is 2. The summed E-state index contributed by atoms with van der Waals surface area (Å²) < 4.78 is 4.96. The smallest absolute Gasteiger partial charge is 0.407 e. The van der Waals surface area contributed by atoms with Gasteiger partial charge in [0.05, 0.1) is 12.6 Å². The maximum absolute atomic E-state index is 12.2. The summed E-state index contributed by atoms with van der Waals surface area (Å²) >= 11 is 0. The maximum Gasteiger partial charge on any atom is 0.407 e. The molecule has 2 aliphatic rings. The van der Waals surface area contributed by atoms with Crippen LogP contribution in [0.3, 0.4) is 0 Å². The SMILES string of the molecule is O=C1N[C@@H]2CN(C(=O)Nc3ccccn3)CC[C@H]2CO1. The van der Waals surface area contributed by atoms with E-state index in [0.29, 0.717) is 25.5 Å². The Morgan fingerprint density at radius 3 is 3.20 bits per heavy atom. The number of likely N-dealkylation sites (tertiary alicyclic amines) is 1. The number of pyridine rings is 1. The van der Waals surface area contributed by atoms with Crippen molar-refractivity contribution in [2.24, 2.45) is 5.92 Å². The fourth-order valence-corrected chi connectivity index (χ4v) is 2.55. The van der Waals surface area contributed by atoms with E-state index in [1.165, 1.54) is 0 Å². The Hall–Kier alpha value is -2.31. The number of alkyl carbamates (subject to hydrolysis) is 1. The van der Waals surface area contributed by atoms with Crippen LogP contribution < -0.4 is 10.6 Å². The first kappa shape index (κ1) is 12.7. The topological polar surface area (TPSA) is 83.6 Å². The van der Waals surface area contributed by atoms with Crippen molar-refractivity contribution < 1.29 is 14.3 Å². The number of amides is 3. The van der Waals surface area contributed by atoms with Gasteiger partial charge in [-0.3, -0.25) is 5.32 Å². The van der Waals surface area contributed by atoms with Crippen LogP contribution in [0.5, 0.6) is 0 Å². The van der Waals surface area contributed by atoms with Gasteiger partial charge < -0.3 is 15.0 Å². The Morgan fingerprint density at radius 2 is 2.40 bits per heavy atom. The molecule has 2 atom stereocenters. The second-order valence-electron chi connectivity index (χ2n) is 4.99. The highest BCUT2D eigenvalue weighted by Crippen LogP contribution is 2.21. The molecule has 2 aliphatic heterocycles. The fraction of sp³-hybridized carbons (Fsp3) is 0.462. The van der Waals surface area contributed by atoms with Gasteiger partial charge in [-0.15, -0.1) is 0 Å². The number of urea groups is 1. The lowest BCUT2D eigenvalue weighted by Crippen LogP contribution is -2.58. The van der Waals surface area contributed by atoms with E-state index in [1.54, 1.807) is 23.2 Å². The molecule has 3 rings (SSSR count). The summed E-state index contributed by atoms with van der Waals surface area (Å²) in [6.07, 6.45) is 2.04. The molecule has 1 aromatic heterocycles. The van der Waals surface area contributed by atoms with E-state index in [1.807, 2.05) is 6.07 Å². The minimum absolute atomic E-state index is 0.0283. The summed E-state index contributed by atoms with van der Waals surface area (Å²) in [7, 11) is 0. The first-order chi connectivity index (χ1) is 9.72. The monoisotopic (exact) mass is 276 g/mol. The Balaban J connectivity index is 1.60. The van der Waals surface area contributed by atoms with E-state index in [0.717, 1.165) is 6.42 Å². The number of nitrogens with one attached hydrogen (secondary N) is 2. The molecule has 106 valence electrons. The average Bonchev–Trinajstić information content (AvgIpc) is 2.47. The van der Waals surface area contributed by atoms with Crippen LogP contribution in [-0.4, -0.2) is 47.7 Å². The molecule has 2 N–H and O–H groups in total. The third-order valence-electron chi connectivity index (χ3n) is 3.67. The maximum atomic E-state index is 12.2. The molecule has 0 aromatic carbocycles. The molecule has 7 nitrogen and oxygen atoms in total. The highest BCUT2D eigenvalue weighted by atomic mass is 16.6. The molecule has 0 aliphatic carbocycles. The first-order valence-electron chi connectivity index (χ1n) is 6.62. The quantitative estimate of drug-likeness (QED) is 0.803. The lowest BCUT2D eigenvalue weighted by atomic mass is 9.92. The van der Waals surface area contributed by atoms with Gasteiger partial charge in [0.2, 0.25) is 0 Å². The highest BCUT2D eigenvalue weighted by Gasteiger charge is 2.36. The molecule has 0 spiro atoms. The molecular formula is C13H16N4O3. The van der Waals surface area contributed by atoms with Crippen molar-refractivity contribution in [1.29, 1.82) is 0 Å². The third kappa shape index (κ3) is 2.66. The van der Waals surface area contributed by atoms with Gasteiger partial charge >= 0.3 is 12.1 Å². The van der Waals surface area contributed by atoms with Crippen molar-refractivity contribution in [2.75, 3.05) is 25.0 Å². The van der Waals surface area contributed by atoms with Crippen molar-refractivity contribution in [3.05, 3.63) is 24.4 Å². The Labute approximate surface area is 116 Å². The molecule has 2 fully saturated rings. The Kier molecular flexibility index (Phi) is 3.41. The molecule has 20 heavy (non-hydrogen) atoms. The lowest BCUT2D eigenvalue weighted by molar-refractivity contribution is 0.0493. The van der Waals surface area contributed by atoms with E-state index in [-0.39, 0.29) is 18.0 Å². The van der Waals surface area contributed by atoms with Gasteiger partial charge in [-0.25, -0.2) is 14.6 Å². The normalized spacial score (nSPS) is 25.2. The fourth-order valence-electron chi connectivity index (χ4n) is 2.55. The van der Waals surface area contributed by atoms with Crippen molar-refractivity contribution in [3.63, 3.8) is 0 Å². The Morgan fingerprint density at radius 1 is 1.50 bits per heavy atom. The number of ether oxygens (including phenoxy) is 1. The minimum atomic E-state index is -0.404. The number of aromatic nitrogens is 1. The van der Waals surface area contributed by atoms with E-state index in [9.17, 15) is 9.59 Å². The predicted molar refractivity (Wildman–Crippen MR) is 71.2 cm³/mol. The van der Waals surface area contributed by atoms with Crippen molar-refractivity contribution in [2.45, 2.75) is 12.5 Å². The van der Waals surface area contributed by atoms with Crippen LogP contribution in [0.4, 0.5) is 15.4 Å². The van der Waals surface area contributed by atoms with Crippen LogP contribution in [-0.2, 0) is 4.74 Å². The van der Waals surface area contributed by atoms with Crippen molar-refractivity contribution >= 4 is 17.9 Å². The molecular weight excluding hydrogens is 260 g/mol. The molecule has 2 saturated heterocycles. The highest BCUT2D eigenvalue weighted by molar-refractivity contribution is 5.88. The molecule has 0 saturated carbocycles. The summed E-state index contributed by atoms with van der Waals surface area (Å²) in [4.78, 5) is 29.1. The zero-order chi connectivity index (χ0) is 13.9. The standard InChI is InChI=1S/C13H16N4O3/c18-12(16-11-3-1-2-5-14-11)17-6-4-9-8-20-13(19)15-10(9)7-17/h1-3,5,9-10H,4,6-8H2,(H,15,19)(H,14,16,18)/t9-,10+/m0/s1. The van der Waals surface area contributed by atoms with Gasteiger partial charge in [-0.2, -0.15) is 0 Å². The third-order valence-corrected chi connectivity index (χ3v) is 3.67. The largest absolute Gasteiger partial charge is 0.449 e. The van der Waals surface area contributed by atoms with Crippen LogP contribution in [0, 0.1) is 5.92 Å². The number of anilines is 1. The molecule has 0 unspecified atom stereocenters. The van der Waals surface area contributed by atoms with E-state index in [4.69, 9.17) is 4.74 Å². The van der Waals surface area contributed by atoms with Crippen LogP contribution in [0.2, 0.25) is 0 Å². The number of piperidine rings is 1. The minimum Gasteiger partial charge on any atom is -0.449 e. The van der Waals surface area contributed by atoms with Gasteiger partial charge in [0.1, 0.15) is 5.82 Å². The van der Waals surface area contributed by atoms with Gasteiger partial charge in [-0.05, 0) is 18.6 Å². The second-order valence-corrected chi connectivity index (χ2v) is 4.99. The molecule has 7 heteroatoms. The average molecular weight is 276 g/mol. The van der Waals surface area contributed by atoms with Gasteiger partial charge in [0.25, 0.3) is 0 Å². The van der Waals surface area contributed by atoms with E-state index >= 15 is 0 Å². The molecule has 0 bridgehead atoms. The molecule has 0 radical (unpaired) electrons. The number of fused-ring (bicyclic) bond motifs is 1. The van der Waals surface area contributed by atoms with Crippen LogP contribution in [0.1, 0.15) is 6.42 Å². The van der Waals surface area contributed by atoms with E-state index < -0.39 is 6.09 Å². The van der Waals surface area contributed by atoms with Gasteiger partial charge in [0.15, 0.2) is 0 Å².